The average molecular weight is 350 g/mol. The van der Waals surface area contributed by atoms with Crippen molar-refractivity contribution in [3.8, 4) is 6.07 Å². The molecule has 2 unspecified atom stereocenters. The zero-order valence-corrected chi connectivity index (χ0v) is 14.5. The number of ketones is 1. The molecule has 6 aliphatic rings. The predicted molar refractivity (Wildman–Crippen MR) is 89.0 cm³/mol. The van der Waals surface area contributed by atoms with Gasteiger partial charge in [-0.15, -0.1) is 12.4 Å². The SMILES string of the molecule is Cl.N#C[C@@H]1C[C@@H]2C[C@@H]2N1C(=O)[C@@H](N)C12CC3C[C@H](C1)C(=O)[C@@H](C3)C2. The van der Waals surface area contributed by atoms with E-state index in [9.17, 15) is 14.9 Å². The average Bonchev–Trinajstić information content (AvgIpc) is 3.20. The zero-order chi connectivity index (χ0) is 15.9. The molecule has 5 nitrogen and oxygen atoms in total. The standard InChI is InChI=1S/C18H23N3O2.ClH/c19-8-13-3-10-4-14(10)21(13)17(23)16(20)18-5-9-1-11(6-18)15(22)12(2-9)7-18;/h9-14,16H,1-7,20H2;1H/t9?,10-,11-,12+,13+,14+,16-,18?;/m1./s1. The van der Waals surface area contributed by atoms with Gasteiger partial charge in [0.15, 0.2) is 0 Å². The number of nitrogens with zero attached hydrogens (tertiary/aromatic N) is 2. The number of fused-ring (bicyclic) bond motifs is 1. The van der Waals surface area contributed by atoms with Crippen LogP contribution in [-0.2, 0) is 9.59 Å². The van der Waals surface area contributed by atoms with Crippen molar-refractivity contribution in [2.24, 2.45) is 34.8 Å². The van der Waals surface area contributed by atoms with E-state index >= 15 is 0 Å². The summed E-state index contributed by atoms with van der Waals surface area (Å²) in [6, 6.07) is 1.73. The number of carbonyl (C=O) groups is 2. The molecule has 0 aromatic rings. The number of amides is 1. The van der Waals surface area contributed by atoms with Crippen molar-refractivity contribution in [1.82, 2.24) is 4.90 Å². The Morgan fingerprint density at radius 3 is 2.50 bits per heavy atom. The summed E-state index contributed by atoms with van der Waals surface area (Å²) in [5.74, 6) is 1.78. The number of hydrogen-bond acceptors (Lipinski definition) is 4. The van der Waals surface area contributed by atoms with E-state index in [-0.39, 0.29) is 47.6 Å². The Labute approximate surface area is 148 Å². The van der Waals surface area contributed by atoms with Crippen molar-refractivity contribution in [3.63, 3.8) is 0 Å². The Morgan fingerprint density at radius 1 is 1.21 bits per heavy atom. The normalized spacial score (nSPS) is 48.5. The van der Waals surface area contributed by atoms with Gasteiger partial charge in [-0.05, 0) is 62.2 Å². The highest BCUT2D eigenvalue weighted by Crippen LogP contribution is 2.60. The highest BCUT2D eigenvalue weighted by molar-refractivity contribution is 5.88. The fourth-order valence-electron chi connectivity index (χ4n) is 6.50. The monoisotopic (exact) mass is 349 g/mol. The van der Waals surface area contributed by atoms with Crippen LogP contribution in [0.5, 0.6) is 0 Å². The van der Waals surface area contributed by atoms with Crippen LogP contribution in [0.4, 0.5) is 0 Å². The Bertz CT molecular complexity index is 627. The quantitative estimate of drug-likeness (QED) is 0.821. The molecule has 5 saturated carbocycles. The van der Waals surface area contributed by atoms with Gasteiger partial charge in [-0.1, -0.05) is 0 Å². The number of likely N-dealkylation sites (tertiary alicyclic amines) is 1. The second kappa shape index (κ2) is 5.19. The van der Waals surface area contributed by atoms with Crippen LogP contribution in [0.3, 0.4) is 0 Å². The van der Waals surface area contributed by atoms with Crippen LogP contribution < -0.4 is 5.73 Å². The Balaban J connectivity index is 0.00000146. The largest absolute Gasteiger partial charge is 0.322 e. The van der Waals surface area contributed by atoms with Gasteiger partial charge in [0, 0.05) is 17.9 Å². The first-order chi connectivity index (χ1) is 11.0. The maximum absolute atomic E-state index is 13.1. The summed E-state index contributed by atoms with van der Waals surface area (Å²) in [6.07, 6.45) is 6.46. The first-order valence-electron chi connectivity index (χ1n) is 9.03. The van der Waals surface area contributed by atoms with Gasteiger partial charge < -0.3 is 10.6 Å². The molecule has 1 saturated heterocycles. The van der Waals surface area contributed by atoms with Crippen molar-refractivity contribution >= 4 is 24.1 Å². The summed E-state index contributed by atoms with van der Waals surface area (Å²) < 4.78 is 0. The van der Waals surface area contributed by atoms with E-state index in [1.165, 1.54) is 0 Å². The minimum absolute atomic E-state index is 0. The van der Waals surface area contributed by atoms with Crippen LogP contribution in [0.15, 0.2) is 0 Å². The fourth-order valence-corrected chi connectivity index (χ4v) is 6.50. The van der Waals surface area contributed by atoms with Gasteiger partial charge in [-0.2, -0.15) is 5.26 Å². The lowest BCUT2D eigenvalue weighted by atomic mass is 9.47. The lowest BCUT2D eigenvalue weighted by molar-refractivity contribution is -0.156. The molecular weight excluding hydrogens is 326 g/mol. The smallest absolute Gasteiger partial charge is 0.241 e. The Morgan fingerprint density at radius 2 is 1.88 bits per heavy atom. The fraction of sp³-hybridized carbons (Fsp3) is 0.833. The summed E-state index contributed by atoms with van der Waals surface area (Å²) in [7, 11) is 0. The van der Waals surface area contributed by atoms with Crippen LogP contribution in [0.25, 0.3) is 0 Å². The summed E-state index contributed by atoms with van der Waals surface area (Å²) in [4.78, 5) is 27.3. The van der Waals surface area contributed by atoms with Crippen LogP contribution in [0, 0.1) is 40.4 Å². The van der Waals surface area contributed by atoms with Gasteiger partial charge in [-0.25, -0.2) is 0 Å². The first kappa shape index (κ1) is 16.4. The molecule has 8 atom stereocenters. The molecule has 1 aliphatic heterocycles. The summed E-state index contributed by atoms with van der Waals surface area (Å²) in [5, 5.41) is 9.34. The third-order valence-electron chi connectivity index (χ3n) is 7.48. The number of nitrogens with two attached hydrogens (primary N) is 1. The maximum atomic E-state index is 13.1. The summed E-state index contributed by atoms with van der Waals surface area (Å²) in [5.41, 5.74) is 6.34. The summed E-state index contributed by atoms with van der Waals surface area (Å²) >= 11 is 0. The van der Waals surface area contributed by atoms with Gasteiger partial charge >= 0.3 is 0 Å². The van der Waals surface area contributed by atoms with Gasteiger partial charge in [0.05, 0.1) is 12.1 Å². The van der Waals surface area contributed by atoms with E-state index in [0.717, 1.165) is 44.9 Å². The van der Waals surface area contributed by atoms with Gasteiger partial charge in [0.25, 0.3) is 0 Å². The molecule has 2 N–H and O–H groups in total. The van der Waals surface area contributed by atoms with Crippen LogP contribution in [-0.4, -0.2) is 34.7 Å². The maximum Gasteiger partial charge on any atom is 0.241 e. The lowest BCUT2D eigenvalue weighted by Gasteiger charge is -2.57. The van der Waals surface area contributed by atoms with Crippen molar-refractivity contribution in [2.75, 3.05) is 0 Å². The molecule has 24 heavy (non-hydrogen) atoms. The number of nitriles is 1. The van der Waals surface area contributed by atoms with Crippen molar-refractivity contribution < 1.29 is 9.59 Å². The second-order valence-electron chi connectivity index (χ2n) is 8.78. The lowest BCUT2D eigenvalue weighted by Crippen LogP contribution is -2.62. The molecule has 0 radical (unpaired) electrons. The van der Waals surface area contributed by atoms with E-state index in [1.54, 1.807) is 4.90 Å². The molecule has 0 aromatic heterocycles. The molecule has 6 rings (SSSR count). The topological polar surface area (TPSA) is 87.2 Å². The molecule has 0 spiro atoms. The van der Waals surface area contributed by atoms with Gasteiger partial charge in [-0.3, -0.25) is 9.59 Å². The Hall–Kier alpha value is -1.12. The molecule has 5 aliphatic carbocycles. The van der Waals surface area contributed by atoms with E-state index in [4.69, 9.17) is 5.73 Å². The second-order valence-corrected chi connectivity index (χ2v) is 8.78. The van der Waals surface area contributed by atoms with Gasteiger partial charge in [0.2, 0.25) is 5.91 Å². The molecule has 130 valence electrons. The third-order valence-corrected chi connectivity index (χ3v) is 7.48. The third kappa shape index (κ3) is 2.02. The number of carbonyl (C=O) groups excluding carboxylic acids is 2. The van der Waals surface area contributed by atoms with E-state index in [1.807, 2.05) is 0 Å². The molecule has 4 bridgehead atoms. The molecular formula is C18H24ClN3O2. The van der Waals surface area contributed by atoms with Crippen molar-refractivity contribution in [3.05, 3.63) is 0 Å². The minimum atomic E-state index is -0.529. The molecule has 6 fully saturated rings. The van der Waals surface area contributed by atoms with E-state index in [0.29, 0.717) is 17.6 Å². The van der Waals surface area contributed by atoms with Crippen molar-refractivity contribution in [2.45, 2.75) is 63.1 Å². The van der Waals surface area contributed by atoms with Crippen LogP contribution in [0.2, 0.25) is 0 Å². The number of hydrogen-bond donors (Lipinski definition) is 1. The number of rotatable bonds is 2. The number of Topliss-reactive ketones (excluding diaryl/α,β-unsaturated/α-hetero) is 1. The van der Waals surface area contributed by atoms with Gasteiger partial charge in [0.1, 0.15) is 11.8 Å². The minimum Gasteiger partial charge on any atom is -0.322 e. The highest BCUT2D eigenvalue weighted by atomic mass is 35.5. The van der Waals surface area contributed by atoms with Crippen LogP contribution >= 0.6 is 12.4 Å². The molecule has 6 heteroatoms. The number of halogens is 1. The van der Waals surface area contributed by atoms with E-state index in [2.05, 4.69) is 6.07 Å². The van der Waals surface area contributed by atoms with Crippen molar-refractivity contribution in [1.29, 1.82) is 5.26 Å². The Kier molecular flexibility index (Phi) is 3.54. The number of piperidine rings is 1. The highest BCUT2D eigenvalue weighted by Gasteiger charge is 2.61. The van der Waals surface area contributed by atoms with Crippen LogP contribution in [0.1, 0.15) is 44.9 Å². The zero-order valence-electron chi connectivity index (χ0n) is 13.7. The molecule has 1 amide bonds. The molecule has 1 heterocycles. The van der Waals surface area contributed by atoms with E-state index < -0.39 is 6.04 Å². The predicted octanol–water partition coefficient (Wildman–Crippen LogP) is 1.64. The molecule has 0 aromatic carbocycles. The first-order valence-corrected chi connectivity index (χ1v) is 9.03. The summed E-state index contributed by atoms with van der Waals surface area (Å²) in [6.45, 7) is 0.